The fourth-order valence-electron chi connectivity index (χ4n) is 2.92. The topological polar surface area (TPSA) is 50.7 Å². The molecule has 2 aromatic heterocycles. The Morgan fingerprint density at radius 3 is 2.29 bits per heavy atom. The van der Waals surface area contributed by atoms with Crippen LogP contribution in [0.25, 0.3) is 22.6 Å². The zero-order valence-corrected chi connectivity index (χ0v) is 15.2. The van der Waals surface area contributed by atoms with Crippen molar-refractivity contribution < 1.29 is 4.39 Å². The van der Waals surface area contributed by atoms with Crippen LogP contribution in [0.15, 0.2) is 85.2 Å². The lowest BCUT2D eigenvalue weighted by molar-refractivity contribution is 0.628. The average molecular weight is 370 g/mol. The summed E-state index contributed by atoms with van der Waals surface area (Å²) in [5, 5.41) is 3.38. The van der Waals surface area contributed by atoms with Crippen LogP contribution in [0.2, 0.25) is 0 Å². The summed E-state index contributed by atoms with van der Waals surface area (Å²) in [5.41, 5.74) is 3.72. The lowest BCUT2D eigenvalue weighted by atomic mass is 10.1. The number of halogens is 1. The van der Waals surface area contributed by atoms with Gasteiger partial charge in [-0.2, -0.15) is 0 Å². The lowest BCUT2D eigenvalue weighted by Gasteiger charge is -2.11. The zero-order chi connectivity index (χ0) is 19.2. The molecule has 138 valence electrons. The molecule has 0 amide bonds. The number of anilines is 1. The molecule has 2 heterocycles. The van der Waals surface area contributed by atoms with Gasteiger partial charge in [-0.1, -0.05) is 30.3 Å². The lowest BCUT2D eigenvalue weighted by Crippen LogP contribution is -2.08. The first kappa shape index (κ1) is 17.8. The van der Waals surface area contributed by atoms with E-state index in [0.29, 0.717) is 5.82 Å². The van der Waals surface area contributed by atoms with E-state index in [1.54, 1.807) is 24.5 Å². The van der Waals surface area contributed by atoms with Crippen LogP contribution in [-0.2, 0) is 6.42 Å². The van der Waals surface area contributed by atoms with Crippen LogP contribution in [0.5, 0.6) is 0 Å². The summed E-state index contributed by atoms with van der Waals surface area (Å²) in [7, 11) is 0. The van der Waals surface area contributed by atoms with E-state index in [0.717, 1.165) is 35.6 Å². The molecular formula is C23H19FN4. The average Bonchev–Trinajstić information content (AvgIpc) is 2.75. The van der Waals surface area contributed by atoms with E-state index in [1.165, 1.54) is 17.7 Å². The smallest absolute Gasteiger partial charge is 0.162 e. The third-order valence-electron chi connectivity index (χ3n) is 4.37. The molecule has 0 fully saturated rings. The molecule has 0 radical (unpaired) electrons. The number of nitrogens with one attached hydrogen (secondary N) is 1. The molecule has 0 atom stereocenters. The molecular weight excluding hydrogens is 351 g/mol. The quantitative estimate of drug-likeness (QED) is 0.519. The normalized spacial score (nSPS) is 10.6. The van der Waals surface area contributed by atoms with E-state index >= 15 is 0 Å². The van der Waals surface area contributed by atoms with Crippen molar-refractivity contribution in [1.29, 1.82) is 0 Å². The molecule has 0 saturated heterocycles. The summed E-state index contributed by atoms with van der Waals surface area (Å²) in [6.45, 7) is 0.750. The molecule has 0 spiro atoms. The van der Waals surface area contributed by atoms with Gasteiger partial charge in [0.05, 0.1) is 5.69 Å². The second kappa shape index (κ2) is 8.39. The number of hydrogen-bond acceptors (Lipinski definition) is 4. The molecule has 4 rings (SSSR count). The number of nitrogens with zero attached hydrogens (tertiary/aromatic N) is 3. The first-order valence-electron chi connectivity index (χ1n) is 9.11. The minimum absolute atomic E-state index is 0.270. The monoisotopic (exact) mass is 370 g/mol. The second-order valence-corrected chi connectivity index (χ2v) is 6.37. The van der Waals surface area contributed by atoms with Gasteiger partial charge in [-0.3, -0.25) is 4.98 Å². The number of benzene rings is 2. The van der Waals surface area contributed by atoms with Crippen molar-refractivity contribution in [3.8, 4) is 22.6 Å². The Bertz CT molecular complexity index is 1040. The zero-order valence-electron chi connectivity index (χ0n) is 15.2. The Kier molecular flexibility index (Phi) is 5.33. The van der Waals surface area contributed by atoms with Crippen molar-refractivity contribution in [2.75, 3.05) is 11.9 Å². The van der Waals surface area contributed by atoms with Gasteiger partial charge in [-0.25, -0.2) is 14.4 Å². The SMILES string of the molecule is Fc1ccc(-c2cc(NCCc3ccccc3)nc(-c3ccncc3)n2)cc1. The van der Waals surface area contributed by atoms with Crippen LogP contribution >= 0.6 is 0 Å². The maximum atomic E-state index is 13.3. The fourth-order valence-corrected chi connectivity index (χ4v) is 2.92. The van der Waals surface area contributed by atoms with Crippen molar-refractivity contribution >= 4 is 5.82 Å². The van der Waals surface area contributed by atoms with Crippen molar-refractivity contribution in [1.82, 2.24) is 15.0 Å². The number of rotatable bonds is 6. The highest BCUT2D eigenvalue weighted by atomic mass is 19.1. The Hall–Kier alpha value is -3.60. The first-order chi connectivity index (χ1) is 13.8. The Morgan fingerprint density at radius 2 is 1.54 bits per heavy atom. The van der Waals surface area contributed by atoms with E-state index in [-0.39, 0.29) is 5.82 Å². The van der Waals surface area contributed by atoms with Gasteiger partial charge in [0.1, 0.15) is 11.6 Å². The summed E-state index contributed by atoms with van der Waals surface area (Å²) in [6.07, 6.45) is 4.32. The summed E-state index contributed by atoms with van der Waals surface area (Å²) < 4.78 is 13.3. The van der Waals surface area contributed by atoms with Gasteiger partial charge in [0.2, 0.25) is 0 Å². The molecule has 0 bridgehead atoms. The van der Waals surface area contributed by atoms with Gasteiger partial charge in [0, 0.05) is 36.1 Å². The minimum Gasteiger partial charge on any atom is -0.370 e. The molecule has 2 aromatic carbocycles. The number of aromatic nitrogens is 3. The third kappa shape index (κ3) is 4.38. The van der Waals surface area contributed by atoms with Crippen LogP contribution in [0.4, 0.5) is 10.2 Å². The molecule has 4 nitrogen and oxygen atoms in total. The summed E-state index contributed by atoms with van der Waals surface area (Å²) >= 11 is 0. The van der Waals surface area contributed by atoms with Gasteiger partial charge in [-0.15, -0.1) is 0 Å². The van der Waals surface area contributed by atoms with Crippen molar-refractivity contribution in [2.24, 2.45) is 0 Å². The Morgan fingerprint density at radius 1 is 0.786 bits per heavy atom. The highest BCUT2D eigenvalue weighted by Gasteiger charge is 2.09. The Labute approximate surface area is 163 Å². The number of pyridine rings is 1. The molecule has 4 aromatic rings. The van der Waals surface area contributed by atoms with Crippen molar-refractivity contribution in [3.63, 3.8) is 0 Å². The summed E-state index contributed by atoms with van der Waals surface area (Å²) in [6, 6.07) is 22.3. The van der Waals surface area contributed by atoms with Gasteiger partial charge < -0.3 is 5.32 Å². The third-order valence-corrected chi connectivity index (χ3v) is 4.37. The van der Waals surface area contributed by atoms with Gasteiger partial charge >= 0.3 is 0 Å². The highest BCUT2D eigenvalue weighted by Crippen LogP contribution is 2.24. The molecule has 5 heteroatoms. The van der Waals surface area contributed by atoms with E-state index in [1.807, 2.05) is 36.4 Å². The molecule has 0 aliphatic heterocycles. The van der Waals surface area contributed by atoms with Gasteiger partial charge in [-0.05, 0) is 48.4 Å². The van der Waals surface area contributed by atoms with Crippen LogP contribution in [0.1, 0.15) is 5.56 Å². The second-order valence-electron chi connectivity index (χ2n) is 6.37. The van der Waals surface area contributed by atoms with Crippen molar-refractivity contribution in [2.45, 2.75) is 6.42 Å². The predicted molar refractivity (Wildman–Crippen MR) is 109 cm³/mol. The molecule has 0 saturated carbocycles. The van der Waals surface area contributed by atoms with Crippen LogP contribution in [-0.4, -0.2) is 21.5 Å². The highest BCUT2D eigenvalue weighted by molar-refractivity contribution is 5.67. The largest absolute Gasteiger partial charge is 0.370 e. The van der Waals surface area contributed by atoms with Crippen molar-refractivity contribution in [3.05, 3.63) is 96.6 Å². The van der Waals surface area contributed by atoms with E-state index in [2.05, 4.69) is 32.4 Å². The van der Waals surface area contributed by atoms with Crippen LogP contribution < -0.4 is 5.32 Å². The standard InChI is InChI=1S/C23H19FN4/c24-20-8-6-18(7-9-20)21-16-22(26-15-10-17-4-2-1-3-5-17)28-23(27-21)19-11-13-25-14-12-19/h1-9,11-14,16H,10,15H2,(H,26,27,28). The maximum absolute atomic E-state index is 13.3. The van der Waals surface area contributed by atoms with E-state index < -0.39 is 0 Å². The minimum atomic E-state index is -0.270. The molecule has 0 aliphatic rings. The number of hydrogen-bond donors (Lipinski definition) is 1. The fraction of sp³-hybridized carbons (Fsp3) is 0.0870. The summed E-state index contributed by atoms with van der Waals surface area (Å²) in [5.74, 6) is 1.07. The van der Waals surface area contributed by atoms with E-state index in [4.69, 9.17) is 0 Å². The van der Waals surface area contributed by atoms with Gasteiger partial charge in [0.15, 0.2) is 5.82 Å². The molecule has 28 heavy (non-hydrogen) atoms. The van der Waals surface area contributed by atoms with Gasteiger partial charge in [0.25, 0.3) is 0 Å². The first-order valence-corrected chi connectivity index (χ1v) is 9.11. The molecule has 0 unspecified atom stereocenters. The Balaban J connectivity index is 1.62. The van der Waals surface area contributed by atoms with E-state index in [9.17, 15) is 4.39 Å². The maximum Gasteiger partial charge on any atom is 0.162 e. The summed E-state index contributed by atoms with van der Waals surface area (Å²) in [4.78, 5) is 13.4. The molecule has 1 N–H and O–H groups in total. The molecule has 0 aliphatic carbocycles. The van der Waals surface area contributed by atoms with Crippen LogP contribution in [0.3, 0.4) is 0 Å². The predicted octanol–water partition coefficient (Wildman–Crippen LogP) is 5.00. The van der Waals surface area contributed by atoms with Crippen LogP contribution in [0, 0.1) is 5.82 Å².